The summed E-state index contributed by atoms with van der Waals surface area (Å²) in [6.45, 7) is 4.05. The van der Waals surface area contributed by atoms with E-state index in [0.29, 0.717) is 6.10 Å². The molecular weight excluding hydrogens is 116 g/mol. The second-order valence-electron chi connectivity index (χ2n) is 2.52. The van der Waals surface area contributed by atoms with E-state index in [9.17, 15) is 5.11 Å². The van der Waals surface area contributed by atoms with E-state index in [1.165, 1.54) is 0 Å². The molecule has 1 N–H and O–H groups in total. The van der Waals surface area contributed by atoms with Gasteiger partial charge in [-0.3, -0.25) is 0 Å². The summed E-state index contributed by atoms with van der Waals surface area (Å²) >= 11 is 0. The van der Waals surface area contributed by atoms with Gasteiger partial charge in [-0.1, -0.05) is 13.8 Å². The van der Waals surface area contributed by atoms with Gasteiger partial charge in [-0.2, -0.15) is 0 Å². The number of rotatable bonds is 3. The van der Waals surface area contributed by atoms with Crippen LogP contribution in [0, 0.1) is 0 Å². The molecule has 54 valence electrons. The number of hydrogen-bond acceptors (Lipinski definition) is 2. The maximum absolute atomic E-state index is 9.17. The number of ether oxygens (including phenoxy) is 1. The average Bonchev–Trinajstić information content (AvgIpc) is 2.64. The highest BCUT2D eigenvalue weighted by Gasteiger charge is 2.41. The van der Waals surface area contributed by atoms with Crippen molar-refractivity contribution in [1.29, 1.82) is 0 Å². The molecule has 0 unspecified atom stereocenters. The van der Waals surface area contributed by atoms with E-state index in [2.05, 4.69) is 6.92 Å². The molecular formula is C7H14O2. The normalized spacial score (nSPS) is 36.3. The average molecular weight is 130 g/mol. The van der Waals surface area contributed by atoms with Crippen molar-refractivity contribution in [2.75, 3.05) is 0 Å². The van der Waals surface area contributed by atoms with E-state index in [4.69, 9.17) is 4.74 Å². The highest BCUT2D eigenvalue weighted by molar-refractivity contribution is 4.88. The Balaban J connectivity index is 2.17. The van der Waals surface area contributed by atoms with E-state index >= 15 is 0 Å². The van der Waals surface area contributed by atoms with Gasteiger partial charge >= 0.3 is 0 Å². The second kappa shape index (κ2) is 2.67. The minimum Gasteiger partial charge on any atom is -0.390 e. The predicted molar refractivity (Wildman–Crippen MR) is 35.2 cm³/mol. The third-order valence-electron chi connectivity index (χ3n) is 1.82. The lowest BCUT2D eigenvalue weighted by atomic mass is 10.1. The third-order valence-corrected chi connectivity index (χ3v) is 1.82. The molecule has 9 heavy (non-hydrogen) atoms. The van der Waals surface area contributed by atoms with Gasteiger partial charge in [0, 0.05) is 0 Å². The Morgan fingerprint density at radius 3 is 2.56 bits per heavy atom. The molecule has 1 rings (SSSR count). The molecule has 0 aromatic rings. The fourth-order valence-corrected chi connectivity index (χ4v) is 1.06. The van der Waals surface area contributed by atoms with Gasteiger partial charge in [0.25, 0.3) is 0 Å². The van der Waals surface area contributed by atoms with Gasteiger partial charge in [0.05, 0.1) is 12.2 Å². The fourth-order valence-electron chi connectivity index (χ4n) is 1.06. The Bertz CT molecular complexity index is 92.9. The molecule has 3 atom stereocenters. The Labute approximate surface area is 55.8 Å². The maximum Gasteiger partial charge on any atom is 0.110 e. The Hall–Kier alpha value is -0.0800. The van der Waals surface area contributed by atoms with Gasteiger partial charge in [0.1, 0.15) is 6.10 Å². The zero-order chi connectivity index (χ0) is 6.85. The first kappa shape index (κ1) is 7.03. The lowest BCUT2D eigenvalue weighted by molar-refractivity contribution is 0.131. The van der Waals surface area contributed by atoms with Crippen LogP contribution in [0.2, 0.25) is 0 Å². The summed E-state index contributed by atoms with van der Waals surface area (Å²) in [5, 5.41) is 9.17. The molecule has 1 aliphatic rings. The molecule has 1 fully saturated rings. The zero-order valence-corrected chi connectivity index (χ0v) is 6.00. The molecule has 2 nitrogen and oxygen atoms in total. The zero-order valence-electron chi connectivity index (χ0n) is 6.00. The molecule has 1 saturated heterocycles. The van der Waals surface area contributed by atoms with Crippen LogP contribution in [0.4, 0.5) is 0 Å². The van der Waals surface area contributed by atoms with Gasteiger partial charge < -0.3 is 9.84 Å². The van der Waals surface area contributed by atoms with Gasteiger partial charge in [0.2, 0.25) is 0 Å². The van der Waals surface area contributed by atoms with Crippen LogP contribution >= 0.6 is 0 Å². The summed E-state index contributed by atoms with van der Waals surface area (Å²) in [4.78, 5) is 0. The minimum atomic E-state index is -0.227. The molecule has 0 amide bonds. The van der Waals surface area contributed by atoms with Crippen molar-refractivity contribution in [3.05, 3.63) is 0 Å². The topological polar surface area (TPSA) is 32.8 Å². The van der Waals surface area contributed by atoms with Crippen LogP contribution in [0.25, 0.3) is 0 Å². The minimum absolute atomic E-state index is 0.153. The highest BCUT2D eigenvalue weighted by Crippen LogP contribution is 2.28. The van der Waals surface area contributed by atoms with Crippen LogP contribution in [-0.2, 0) is 4.74 Å². The summed E-state index contributed by atoms with van der Waals surface area (Å²) < 4.78 is 5.17. The van der Waals surface area contributed by atoms with Gasteiger partial charge in [-0.15, -0.1) is 0 Å². The van der Waals surface area contributed by atoms with Crippen LogP contribution in [0.3, 0.4) is 0 Å². The van der Waals surface area contributed by atoms with Crippen LogP contribution in [0.15, 0.2) is 0 Å². The van der Waals surface area contributed by atoms with Crippen molar-refractivity contribution in [3.63, 3.8) is 0 Å². The van der Waals surface area contributed by atoms with Crippen molar-refractivity contribution in [2.24, 2.45) is 0 Å². The molecule has 0 radical (unpaired) electrons. The van der Waals surface area contributed by atoms with Crippen molar-refractivity contribution in [2.45, 2.75) is 45.0 Å². The molecule has 0 aromatic carbocycles. The fraction of sp³-hybridized carbons (Fsp3) is 1.00. The molecule has 0 aliphatic carbocycles. The van der Waals surface area contributed by atoms with E-state index in [1.807, 2.05) is 6.92 Å². The molecule has 0 bridgehead atoms. The smallest absolute Gasteiger partial charge is 0.110 e. The summed E-state index contributed by atoms with van der Waals surface area (Å²) in [7, 11) is 0. The predicted octanol–water partition coefficient (Wildman–Crippen LogP) is 0.935. The molecule has 1 aliphatic heterocycles. The maximum atomic E-state index is 9.17. The molecule has 0 spiro atoms. The number of aliphatic hydroxyl groups is 1. The third kappa shape index (κ3) is 1.43. The van der Waals surface area contributed by atoms with Crippen LogP contribution in [-0.4, -0.2) is 23.4 Å². The van der Waals surface area contributed by atoms with E-state index in [0.717, 1.165) is 12.8 Å². The largest absolute Gasteiger partial charge is 0.390 e. The van der Waals surface area contributed by atoms with Crippen LogP contribution < -0.4 is 0 Å². The van der Waals surface area contributed by atoms with Crippen molar-refractivity contribution in [3.8, 4) is 0 Å². The van der Waals surface area contributed by atoms with Gasteiger partial charge in [0.15, 0.2) is 0 Å². The SMILES string of the molecule is CC[C@@H](O)[C@@H]1O[C@H]1CC. The number of aliphatic hydroxyl groups excluding tert-OH is 1. The molecule has 1 heterocycles. The van der Waals surface area contributed by atoms with Crippen molar-refractivity contribution in [1.82, 2.24) is 0 Å². The Morgan fingerprint density at radius 2 is 2.22 bits per heavy atom. The van der Waals surface area contributed by atoms with Crippen molar-refractivity contribution >= 4 is 0 Å². The molecule has 2 heteroatoms. The highest BCUT2D eigenvalue weighted by atomic mass is 16.6. The van der Waals surface area contributed by atoms with E-state index in [-0.39, 0.29) is 12.2 Å². The quantitative estimate of drug-likeness (QED) is 0.576. The molecule has 0 aromatic heterocycles. The van der Waals surface area contributed by atoms with Crippen molar-refractivity contribution < 1.29 is 9.84 Å². The summed E-state index contributed by atoms with van der Waals surface area (Å²) in [6.07, 6.45) is 2.11. The lowest BCUT2D eigenvalue weighted by Gasteiger charge is -2.00. The monoisotopic (exact) mass is 130 g/mol. The first-order valence-electron chi connectivity index (χ1n) is 3.63. The van der Waals surface area contributed by atoms with E-state index in [1.54, 1.807) is 0 Å². The van der Waals surface area contributed by atoms with Crippen LogP contribution in [0.5, 0.6) is 0 Å². The summed E-state index contributed by atoms with van der Waals surface area (Å²) in [5.41, 5.74) is 0. The van der Waals surface area contributed by atoms with Gasteiger partial charge in [-0.05, 0) is 12.8 Å². The molecule has 0 saturated carbocycles. The first-order chi connectivity index (χ1) is 4.29. The first-order valence-corrected chi connectivity index (χ1v) is 3.63. The standard InChI is InChI=1S/C7H14O2/c1-3-5(8)7-6(4-2)9-7/h5-8H,3-4H2,1-2H3/t5-,6+,7+/m1/s1. The second-order valence-corrected chi connectivity index (χ2v) is 2.52. The Kier molecular flexibility index (Phi) is 2.09. The van der Waals surface area contributed by atoms with Gasteiger partial charge in [-0.25, -0.2) is 0 Å². The van der Waals surface area contributed by atoms with E-state index < -0.39 is 0 Å². The number of epoxide rings is 1. The number of hydrogen-bond donors (Lipinski definition) is 1. The summed E-state index contributed by atoms with van der Waals surface area (Å²) in [5.74, 6) is 0. The lowest BCUT2D eigenvalue weighted by Crippen LogP contribution is -2.14. The summed E-state index contributed by atoms with van der Waals surface area (Å²) in [6, 6.07) is 0. The Morgan fingerprint density at radius 1 is 1.56 bits per heavy atom. The van der Waals surface area contributed by atoms with Crippen LogP contribution in [0.1, 0.15) is 26.7 Å².